The summed E-state index contributed by atoms with van der Waals surface area (Å²) in [5, 5.41) is 0. The highest BCUT2D eigenvalue weighted by molar-refractivity contribution is 7.89. The van der Waals surface area contributed by atoms with Gasteiger partial charge >= 0.3 is 6.18 Å². The highest BCUT2D eigenvalue weighted by Gasteiger charge is 2.42. The molecule has 3 aromatic rings. The Kier molecular flexibility index (Phi) is 10.5. The monoisotopic (exact) mass is 522 g/mol. The van der Waals surface area contributed by atoms with Crippen LogP contribution in [0.2, 0.25) is 0 Å². The van der Waals surface area contributed by atoms with Crippen molar-refractivity contribution in [1.29, 1.82) is 0 Å². The van der Waals surface area contributed by atoms with Crippen LogP contribution in [0.1, 0.15) is 57.7 Å². The number of ether oxygens (including phenoxy) is 1. The summed E-state index contributed by atoms with van der Waals surface area (Å²) in [6, 6.07) is 12.9. The second kappa shape index (κ2) is 12.9. The molecule has 4 rings (SSSR count). The van der Waals surface area contributed by atoms with E-state index in [9.17, 15) is 21.6 Å². The number of methoxy groups -OCH3 is 1. The van der Waals surface area contributed by atoms with E-state index in [0.717, 1.165) is 23.3 Å². The van der Waals surface area contributed by atoms with Gasteiger partial charge in [0.15, 0.2) is 0 Å². The lowest BCUT2D eigenvalue weighted by atomic mass is 9.99. The molecule has 1 saturated heterocycles. The fraction of sp³-hybridized carbons (Fsp3) is 0.370. The molecular weight excluding hydrogens is 489 g/mol. The molecule has 0 saturated carbocycles. The molecule has 1 atom stereocenters. The summed E-state index contributed by atoms with van der Waals surface area (Å²) in [6.45, 7) is 8.15. The van der Waals surface area contributed by atoms with Crippen molar-refractivity contribution in [3.63, 3.8) is 0 Å². The molecule has 0 amide bonds. The van der Waals surface area contributed by atoms with Crippen LogP contribution in [-0.2, 0) is 16.2 Å². The van der Waals surface area contributed by atoms with E-state index in [2.05, 4.69) is 4.98 Å². The second-order valence-corrected chi connectivity index (χ2v) is 9.33. The lowest BCUT2D eigenvalue weighted by Crippen LogP contribution is -2.32. The van der Waals surface area contributed by atoms with Crippen LogP contribution in [0.4, 0.5) is 13.2 Å². The van der Waals surface area contributed by atoms with Gasteiger partial charge < -0.3 is 4.74 Å². The van der Waals surface area contributed by atoms with Gasteiger partial charge in [-0.05, 0) is 48.2 Å². The number of rotatable bonds is 5. The van der Waals surface area contributed by atoms with E-state index in [1.165, 1.54) is 23.5 Å². The van der Waals surface area contributed by atoms with Crippen LogP contribution in [0.3, 0.4) is 0 Å². The van der Waals surface area contributed by atoms with Gasteiger partial charge in [0.25, 0.3) is 0 Å². The molecule has 1 fully saturated rings. The van der Waals surface area contributed by atoms with Crippen molar-refractivity contribution in [1.82, 2.24) is 9.29 Å². The van der Waals surface area contributed by atoms with Crippen molar-refractivity contribution in [3.8, 4) is 16.9 Å². The van der Waals surface area contributed by atoms with Gasteiger partial charge in [-0.2, -0.15) is 17.5 Å². The van der Waals surface area contributed by atoms with E-state index < -0.39 is 32.7 Å². The number of pyridine rings is 1. The molecule has 1 aliphatic rings. The van der Waals surface area contributed by atoms with Gasteiger partial charge in [-0.25, -0.2) is 8.42 Å². The molecular formula is C27H33F3N2O3S. The van der Waals surface area contributed by atoms with Gasteiger partial charge in [-0.1, -0.05) is 58.0 Å². The average molecular weight is 523 g/mol. The Bertz CT molecular complexity index is 1230. The van der Waals surface area contributed by atoms with Gasteiger partial charge in [0.2, 0.25) is 10.0 Å². The molecule has 36 heavy (non-hydrogen) atoms. The fourth-order valence-corrected chi connectivity index (χ4v) is 6.00. The Labute approximate surface area is 212 Å². The first kappa shape index (κ1) is 29.3. The number of hydrogen-bond donors (Lipinski definition) is 0. The summed E-state index contributed by atoms with van der Waals surface area (Å²) in [7, 11) is -2.83. The fourth-order valence-electron chi connectivity index (χ4n) is 4.11. The molecule has 5 nitrogen and oxygen atoms in total. The first-order valence-electron chi connectivity index (χ1n) is 12.0. The van der Waals surface area contributed by atoms with Gasteiger partial charge in [0.05, 0.1) is 29.8 Å². The van der Waals surface area contributed by atoms with Crippen LogP contribution < -0.4 is 4.74 Å². The van der Waals surface area contributed by atoms with Crippen molar-refractivity contribution in [2.75, 3.05) is 13.7 Å². The molecule has 9 heteroatoms. The molecule has 2 heterocycles. The third kappa shape index (κ3) is 6.25. The number of benzene rings is 2. The minimum absolute atomic E-state index is 0.155. The topological polar surface area (TPSA) is 59.5 Å². The largest absolute Gasteiger partial charge is 0.494 e. The summed E-state index contributed by atoms with van der Waals surface area (Å²) < 4.78 is 73.7. The molecule has 196 valence electrons. The van der Waals surface area contributed by atoms with E-state index in [-0.39, 0.29) is 6.54 Å². The first-order chi connectivity index (χ1) is 17.2. The first-order valence-corrected chi connectivity index (χ1v) is 13.4. The van der Waals surface area contributed by atoms with Gasteiger partial charge in [0.1, 0.15) is 5.75 Å². The lowest BCUT2D eigenvalue weighted by molar-refractivity contribution is -0.139. The highest BCUT2D eigenvalue weighted by Crippen LogP contribution is 2.41. The SMILES string of the molecule is CC.CC.COc1cnccc1-c1cccc(C2CCCN2S(=O)(=O)c2ccccc2C(F)(F)F)c1. The lowest BCUT2D eigenvalue weighted by Gasteiger charge is -2.26. The van der Waals surface area contributed by atoms with Crippen LogP contribution in [0.5, 0.6) is 5.75 Å². The van der Waals surface area contributed by atoms with Crippen molar-refractivity contribution < 1.29 is 26.3 Å². The Balaban J connectivity index is 0.00000109. The van der Waals surface area contributed by atoms with E-state index in [0.29, 0.717) is 24.2 Å². The minimum atomic E-state index is -4.77. The standard InChI is InChI=1S/C23H21F3N2O3S.2C2H6/c1-31-21-15-27-12-11-18(21)16-6-4-7-17(14-16)20-9-5-13-28(20)32(29,30)22-10-3-2-8-19(22)23(24,25)26;2*1-2/h2-4,6-8,10-12,14-15,20H,5,9,13H2,1H3;2*1-2H3. The van der Waals surface area contributed by atoms with E-state index in [1.54, 1.807) is 30.6 Å². The van der Waals surface area contributed by atoms with Crippen LogP contribution >= 0.6 is 0 Å². The van der Waals surface area contributed by atoms with Crippen LogP contribution in [0.25, 0.3) is 11.1 Å². The quantitative estimate of drug-likeness (QED) is 0.351. The van der Waals surface area contributed by atoms with E-state index in [4.69, 9.17) is 4.74 Å². The van der Waals surface area contributed by atoms with Crippen LogP contribution in [0.15, 0.2) is 71.9 Å². The van der Waals surface area contributed by atoms with Gasteiger partial charge in [-0.3, -0.25) is 4.98 Å². The molecule has 1 aliphatic heterocycles. The van der Waals surface area contributed by atoms with Crippen molar-refractivity contribution >= 4 is 10.0 Å². The molecule has 0 spiro atoms. The molecule has 0 N–H and O–H groups in total. The van der Waals surface area contributed by atoms with Crippen molar-refractivity contribution in [2.24, 2.45) is 0 Å². The number of nitrogens with zero attached hydrogens (tertiary/aromatic N) is 2. The average Bonchev–Trinajstić information content (AvgIpc) is 3.42. The number of hydrogen-bond acceptors (Lipinski definition) is 4. The van der Waals surface area contributed by atoms with Crippen molar-refractivity contribution in [3.05, 3.63) is 78.1 Å². The molecule has 2 aromatic carbocycles. The Hall–Kier alpha value is -2.91. The number of sulfonamides is 1. The maximum atomic E-state index is 13.5. The Morgan fingerprint density at radius 2 is 1.69 bits per heavy atom. The zero-order valence-electron chi connectivity index (χ0n) is 21.2. The summed E-state index contributed by atoms with van der Waals surface area (Å²) >= 11 is 0. The number of aromatic nitrogens is 1. The second-order valence-electron chi connectivity index (χ2n) is 7.47. The van der Waals surface area contributed by atoms with Crippen molar-refractivity contribution in [2.45, 2.75) is 57.7 Å². The molecule has 0 aliphatic carbocycles. The normalized spacial score (nSPS) is 15.8. The third-order valence-electron chi connectivity index (χ3n) is 5.57. The molecule has 0 radical (unpaired) electrons. The smallest absolute Gasteiger partial charge is 0.417 e. The summed E-state index contributed by atoms with van der Waals surface area (Å²) in [4.78, 5) is 3.33. The molecule has 0 bridgehead atoms. The predicted octanol–water partition coefficient (Wildman–Crippen LogP) is 7.35. The highest BCUT2D eigenvalue weighted by atomic mass is 32.2. The maximum Gasteiger partial charge on any atom is 0.417 e. The molecule has 1 aromatic heterocycles. The summed E-state index contributed by atoms with van der Waals surface area (Å²) in [5.74, 6) is 0.569. The predicted molar refractivity (Wildman–Crippen MR) is 136 cm³/mol. The Morgan fingerprint density at radius 3 is 2.36 bits per heavy atom. The number of alkyl halides is 3. The van der Waals surface area contributed by atoms with E-state index >= 15 is 0 Å². The zero-order valence-corrected chi connectivity index (χ0v) is 22.0. The third-order valence-corrected chi connectivity index (χ3v) is 7.54. The molecule has 1 unspecified atom stereocenters. The minimum Gasteiger partial charge on any atom is -0.494 e. The Morgan fingerprint density at radius 1 is 1.00 bits per heavy atom. The van der Waals surface area contributed by atoms with Crippen LogP contribution in [-0.4, -0.2) is 31.4 Å². The summed E-state index contributed by atoms with van der Waals surface area (Å²) in [5.41, 5.74) is 1.16. The van der Waals surface area contributed by atoms with E-state index in [1.807, 2.05) is 39.8 Å². The van der Waals surface area contributed by atoms with Gasteiger partial charge in [-0.15, -0.1) is 0 Å². The number of halogens is 3. The zero-order chi connectivity index (χ0) is 26.9. The van der Waals surface area contributed by atoms with Gasteiger partial charge in [0, 0.05) is 18.3 Å². The van der Waals surface area contributed by atoms with Crippen LogP contribution in [0, 0.1) is 0 Å². The summed E-state index contributed by atoms with van der Waals surface area (Å²) in [6.07, 6.45) is -0.477. The maximum absolute atomic E-state index is 13.5.